The van der Waals surface area contributed by atoms with Crippen LogP contribution in [-0.2, 0) is 4.74 Å². The summed E-state index contributed by atoms with van der Waals surface area (Å²) in [5.74, 6) is -0.442. The lowest BCUT2D eigenvalue weighted by Gasteiger charge is -2.22. The molecule has 3 nitrogen and oxygen atoms in total. The van der Waals surface area contributed by atoms with Gasteiger partial charge >= 0.3 is 5.97 Å². The number of rotatable bonds is 2. The van der Waals surface area contributed by atoms with E-state index in [-0.39, 0.29) is 0 Å². The Balaban J connectivity index is 2.11. The highest BCUT2D eigenvalue weighted by Crippen LogP contribution is 2.25. The molecule has 1 aliphatic heterocycles. The molecule has 1 aromatic rings. The summed E-state index contributed by atoms with van der Waals surface area (Å²) in [6.07, 6.45) is 2.22. The summed E-state index contributed by atoms with van der Waals surface area (Å²) in [4.78, 5) is 10.7. The van der Waals surface area contributed by atoms with Crippen molar-refractivity contribution in [1.82, 2.24) is 0 Å². The summed E-state index contributed by atoms with van der Waals surface area (Å²) in [6.45, 7) is 1.61. The third-order valence-electron chi connectivity index (χ3n) is 2.79. The molecule has 1 aliphatic rings. The van der Waals surface area contributed by atoms with Gasteiger partial charge in [0, 0.05) is 12.5 Å². The number of carboxylic acids is 1. The first-order chi connectivity index (χ1) is 7.27. The highest BCUT2D eigenvalue weighted by Gasteiger charge is 2.16. The van der Waals surface area contributed by atoms with Gasteiger partial charge in [0.25, 0.3) is 0 Å². The molecule has 0 spiro atoms. The van der Waals surface area contributed by atoms with Crippen LogP contribution < -0.4 is 0 Å². The fourth-order valence-corrected chi connectivity index (χ4v) is 1.90. The summed E-state index contributed by atoms with van der Waals surface area (Å²) in [5.41, 5.74) is 1.52. The molecule has 0 aliphatic carbocycles. The Morgan fingerprint density at radius 2 is 2.07 bits per heavy atom. The predicted molar refractivity (Wildman–Crippen MR) is 56.2 cm³/mol. The summed E-state index contributed by atoms with van der Waals surface area (Å²) in [7, 11) is 0. The third kappa shape index (κ3) is 2.36. The summed E-state index contributed by atoms with van der Waals surface area (Å²) >= 11 is 0. The predicted octanol–water partition coefficient (Wildman–Crippen LogP) is 2.28. The maximum Gasteiger partial charge on any atom is 0.335 e. The molecule has 0 unspecified atom stereocenters. The molecule has 2 rings (SSSR count). The minimum atomic E-state index is -0.874. The van der Waals surface area contributed by atoms with E-state index in [0.29, 0.717) is 11.5 Å². The van der Waals surface area contributed by atoms with Crippen LogP contribution in [0.15, 0.2) is 24.3 Å². The molecule has 0 radical (unpaired) electrons. The lowest BCUT2D eigenvalue weighted by molar-refractivity contribution is 0.0696. The third-order valence-corrected chi connectivity index (χ3v) is 2.79. The van der Waals surface area contributed by atoms with Crippen LogP contribution in [0, 0.1) is 0 Å². The van der Waals surface area contributed by atoms with E-state index in [2.05, 4.69) is 0 Å². The van der Waals surface area contributed by atoms with Gasteiger partial charge in [0.05, 0.1) is 12.2 Å². The standard InChI is InChI=1S/C12H14O3/c13-12(14)10-5-3-9(4-6-10)11-2-1-7-15-8-11/h3-6,11H,1-2,7-8H2,(H,13,14)/t11-/m1/s1. The number of carboxylic acid groups (broad SMARTS) is 1. The van der Waals surface area contributed by atoms with Crippen molar-refractivity contribution in [2.75, 3.05) is 13.2 Å². The van der Waals surface area contributed by atoms with Gasteiger partial charge in [-0.05, 0) is 30.5 Å². The Kier molecular flexibility index (Phi) is 3.02. The first kappa shape index (κ1) is 10.2. The molecule has 0 bridgehead atoms. The minimum Gasteiger partial charge on any atom is -0.478 e. The number of hydrogen-bond donors (Lipinski definition) is 1. The SMILES string of the molecule is O=C(O)c1ccc([C@@H]2CCCOC2)cc1. The van der Waals surface area contributed by atoms with E-state index >= 15 is 0 Å². The van der Waals surface area contributed by atoms with Gasteiger partial charge in [-0.15, -0.1) is 0 Å². The Labute approximate surface area is 88.7 Å². The van der Waals surface area contributed by atoms with E-state index in [1.54, 1.807) is 12.1 Å². The molecule has 0 saturated carbocycles. The van der Waals surface area contributed by atoms with E-state index in [4.69, 9.17) is 9.84 Å². The monoisotopic (exact) mass is 206 g/mol. The zero-order chi connectivity index (χ0) is 10.7. The van der Waals surface area contributed by atoms with E-state index < -0.39 is 5.97 Å². The molecular weight excluding hydrogens is 192 g/mol. The van der Waals surface area contributed by atoms with Crippen molar-refractivity contribution in [3.8, 4) is 0 Å². The lowest BCUT2D eigenvalue weighted by atomic mass is 9.93. The van der Waals surface area contributed by atoms with E-state index in [1.165, 1.54) is 5.56 Å². The van der Waals surface area contributed by atoms with Crippen LogP contribution in [0.1, 0.15) is 34.7 Å². The molecular formula is C12H14O3. The van der Waals surface area contributed by atoms with Crippen molar-refractivity contribution in [1.29, 1.82) is 0 Å². The smallest absolute Gasteiger partial charge is 0.335 e. The second-order valence-corrected chi connectivity index (χ2v) is 3.84. The molecule has 80 valence electrons. The van der Waals surface area contributed by atoms with Gasteiger partial charge in [0.15, 0.2) is 0 Å². The van der Waals surface area contributed by atoms with Crippen molar-refractivity contribution >= 4 is 5.97 Å². The molecule has 1 N–H and O–H groups in total. The normalized spacial score (nSPS) is 21.2. The average Bonchev–Trinajstić information content (AvgIpc) is 2.30. The van der Waals surface area contributed by atoms with E-state index in [1.807, 2.05) is 12.1 Å². The Morgan fingerprint density at radius 1 is 1.33 bits per heavy atom. The molecule has 1 atom stereocenters. The lowest BCUT2D eigenvalue weighted by Crippen LogP contribution is -2.15. The summed E-state index contributed by atoms with van der Waals surface area (Å²) in [6, 6.07) is 7.10. The number of hydrogen-bond acceptors (Lipinski definition) is 2. The summed E-state index contributed by atoms with van der Waals surface area (Å²) in [5, 5.41) is 8.76. The Hall–Kier alpha value is -1.35. The van der Waals surface area contributed by atoms with Crippen molar-refractivity contribution in [2.45, 2.75) is 18.8 Å². The molecule has 0 amide bonds. The second kappa shape index (κ2) is 4.45. The molecule has 1 heterocycles. The van der Waals surface area contributed by atoms with Gasteiger partial charge in [-0.2, -0.15) is 0 Å². The van der Waals surface area contributed by atoms with Gasteiger partial charge in [-0.25, -0.2) is 4.79 Å². The number of carbonyl (C=O) groups is 1. The fourth-order valence-electron chi connectivity index (χ4n) is 1.90. The van der Waals surface area contributed by atoms with Gasteiger partial charge in [0.2, 0.25) is 0 Å². The van der Waals surface area contributed by atoms with Crippen molar-refractivity contribution < 1.29 is 14.6 Å². The Bertz CT molecular complexity index is 336. The molecule has 0 aromatic heterocycles. The van der Waals surface area contributed by atoms with Crippen molar-refractivity contribution in [3.63, 3.8) is 0 Å². The topological polar surface area (TPSA) is 46.5 Å². The molecule has 3 heteroatoms. The number of benzene rings is 1. The van der Waals surface area contributed by atoms with Gasteiger partial charge in [-0.3, -0.25) is 0 Å². The maximum atomic E-state index is 10.7. The zero-order valence-electron chi connectivity index (χ0n) is 8.48. The van der Waals surface area contributed by atoms with Crippen molar-refractivity contribution in [3.05, 3.63) is 35.4 Å². The first-order valence-corrected chi connectivity index (χ1v) is 5.18. The first-order valence-electron chi connectivity index (χ1n) is 5.18. The maximum absolute atomic E-state index is 10.7. The van der Waals surface area contributed by atoms with E-state index in [9.17, 15) is 4.79 Å². The number of aromatic carboxylic acids is 1. The van der Waals surface area contributed by atoms with Crippen LogP contribution in [0.25, 0.3) is 0 Å². The highest BCUT2D eigenvalue weighted by molar-refractivity contribution is 5.87. The highest BCUT2D eigenvalue weighted by atomic mass is 16.5. The molecule has 1 saturated heterocycles. The molecule has 1 fully saturated rings. The zero-order valence-corrected chi connectivity index (χ0v) is 8.48. The molecule has 15 heavy (non-hydrogen) atoms. The average molecular weight is 206 g/mol. The van der Waals surface area contributed by atoms with Crippen LogP contribution in [0.4, 0.5) is 0 Å². The van der Waals surface area contributed by atoms with Crippen LogP contribution >= 0.6 is 0 Å². The second-order valence-electron chi connectivity index (χ2n) is 3.84. The largest absolute Gasteiger partial charge is 0.478 e. The van der Waals surface area contributed by atoms with Crippen molar-refractivity contribution in [2.24, 2.45) is 0 Å². The van der Waals surface area contributed by atoms with Crippen LogP contribution in [0.2, 0.25) is 0 Å². The quantitative estimate of drug-likeness (QED) is 0.807. The summed E-state index contributed by atoms with van der Waals surface area (Å²) < 4.78 is 5.40. The fraction of sp³-hybridized carbons (Fsp3) is 0.417. The van der Waals surface area contributed by atoms with Gasteiger partial charge in [0.1, 0.15) is 0 Å². The van der Waals surface area contributed by atoms with Crippen LogP contribution in [0.5, 0.6) is 0 Å². The molecule has 1 aromatic carbocycles. The number of ether oxygens (including phenoxy) is 1. The van der Waals surface area contributed by atoms with Crippen LogP contribution in [-0.4, -0.2) is 24.3 Å². The minimum absolute atomic E-state index is 0.343. The van der Waals surface area contributed by atoms with Gasteiger partial charge < -0.3 is 9.84 Å². The Morgan fingerprint density at radius 3 is 2.60 bits per heavy atom. The van der Waals surface area contributed by atoms with E-state index in [0.717, 1.165) is 26.1 Å². The van der Waals surface area contributed by atoms with Crippen LogP contribution in [0.3, 0.4) is 0 Å². The van der Waals surface area contributed by atoms with Gasteiger partial charge in [-0.1, -0.05) is 12.1 Å².